The predicted octanol–water partition coefficient (Wildman–Crippen LogP) is 1.63. The lowest BCUT2D eigenvalue weighted by atomic mass is 10.0. The van der Waals surface area contributed by atoms with Gasteiger partial charge in [0.2, 0.25) is 11.8 Å². The van der Waals surface area contributed by atoms with Gasteiger partial charge in [-0.25, -0.2) is 4.79 Å². The molecule has 11 heteroatoms. The molecular formula is C25H37N3O8. The third-order valence-electron chi connectivity index (χ3n) is 5.54. The first kappa shape index (κ1) is 28.9. The summed E-state index contributed by atoms with van der Waals surface area (Å²) in [5.41, 5.74) is -0.651. The maximum atomic E-state index is 13.7. The van der Waals surface area contributed by atoms with Crippen molar-refractivity contribution in [2.75, 3.05) is 19.8 Å². The molecule has 0 aliphatic heterocycles. The number of esters is 1. The highest BCUT2D eigenvalue weighted by Gasteiger charge is 2.48. The van der Waals surface area contributed by atoms with Crippen molar-refractivity contribution in [1.82, 2.24) is 15.5 Å². The van der Waals surface area contributed by atoms with Gasteiger partial charge in [-0.05, 0) is 46.1 Å². The molecule has 4 unspecified atom stereocenters. The number of alkyl carbamates (subject to hydrolysis) is 1. The fourth-order valence-corrected chi connectivity index (χ4v) is 3.74. The summed E-state index contributed by atoms with van der Waals surface area (Å²) in [6.45, 7) is 8.01. The molecule has 1 aliphatic carbocycles. The van der Waals surface area contributed by atoms with E-state index in [-0.39, 0.29) is 42.8 Å². The first-order chi connectivity index (χ1) is 16.9. The molecule has 1 aromatic carbocycles. The van der Waals surface area contributed by atoms with Crippen LogP contribution in [0.2, 0.25) is 0 Å². The van der Waals surface area contributed by atoms with Gasteiger partial charge in [-0.15, -0.1) is 0 Å². The highest BCUT2D eigenvalue weighted by molar-refractivity contribution is 5.93. The lowest BCUT2D eigenvalue weighted by Crippen LogP contribution is -2.55. The summed E-state index contributed by atoms with van der Waals surface area (Å²) >= 11 is 0. The molecule has 1 aromatic rings. The number of ether oxygens (including phenoxy) is 2. The Morgan fingerprint density at radius 2 is 1.83 bits per heavy atom. The number of carbonyl (C=O) groups is 4. The number of nitrogens with zero attached hydrogens (tertiary/aromatic N) is 1. The minimum Gasteiger partial charge on any atom is -0.508 e. The minimum atomic E-state index is -1.38. The Kier molecular flexibility index (Phi) is 10.1. The Hall–Kier alpha value is -3.34. The van der Waals surface area contributed by atoms with E-state index in [1.807, 2.05) is 6.92 Å². The second-order valence-corrected chi connectivity index (χ2v) is 9.71. The quantitative estimate of drug-likeness (QED) is 0.330. The highest BCUT2D eigenvalue weighted by Crippen LogP contribution is 2.42. The van der Waals surface area contributed by atoms with E-state index in [2.05, 4.69) is 10.6 Å². The fraction of sp³-hybridized carbons (Fsp3) is 0.600. The molecule has 1 fully saturated rings. The van der Waals surface area contributed by atoms with Crippen LogP contribution in [0.3, 0.4) is 0 Å². The molecule has 3 amide bonds. The van der Waals surface area contributed by atoms with Crippen LogP contribution in [0.4, 0.5) is 4.79 Å². The van der Waals surface area contributed by atoms with E-state index in [0.717, 1.165) is 0 Å². The van der Waals surface area contributed by atoms with E-state index in [1.165, 1.54) is 17.0 Å². The number of benzene rings is 1. The average Bonchev–Trinajstić information content (AvgIpc) is 3.50. The second-order valence-electron chi connectivity index (χ2n) is 9.71. The van der Waals surface area contributed by atoms with Crippen molar-refractivity contribution in [2.45, 2.75) is 71.2 Å². The second kappa shape index (κ2) is 12.6. The summed E-state index contributed by atoms with van der Waals surface area (Å²) < 4.78 is 10.1. The number of amides is 3. The van der Waals surface area contributed by atoms with Crippen molar-refractivity contribution in [3.05, 3.63) is 29.8 Å². The van der Waals surface area contributed by atoms with E-state index >= 15 is 0 Å². The van der Waals surface area contributed by atoms with Crippen molar-refractivity contribution >= 4 is 23.9 Å². The number of phenols is 1. The number of aliphatic hydroxyl groups is 1. The van der Waals surface area contributed by atoms with E-state index in [9.17, 15) is 29.4 Å². The third-order valence-corrected chi connectivity index (χ3v) is 5.54. The van der Waals surface area contributed by atoms with Crippen LogP contribution in [0.25, 0.3) is 0 Å². The zero-order valence-electron chi connectivity index (χ0n) is 21.4. The van der Waals surface area contributed by atoms with E-state index in [0.29, 0.717) is 6.42 Å². The smallest absolute Gasteiger partial charge is 0.408 e. The Bertz CT molecular complexity index is 945. The molecular weight excluding hydrogens is 470 g/mol. The molecule has 2 rings (SSSR count). The van der Waals surface area contributed by atoms with Gasteiger partial charge in [0.1, 0.15) is 23.4 Å². The first-order valence-corrected chi connectivity index (χ1v) is 12.0. The molecule has 4 N–H and O–H groups in total. The van der Waals surface area contributed by atoms with Gasteiger partial charge in [-0.1, -0.05) is 25.1 Å². The number of hydrogen-bond acceptors (Lipinski definition) is 8. The van der Waals surface area contributed by atoms with Gasteiger partial charge in [0.05, 0.1) is 19.6 Å². The number of para-hydroxylation sites is 1. The van der Waals surface area contributed by atoms with Crippen LogP contribution < -0.4 is 10.6 Å². The van der Waals surface area contributed by atoms with E-state index in [4.69, 9.17) is 9.47 Å². The fourth-order valence-electron chi connectivity index (χ4n) is 3.74. The molecule has 0 heterocycles. The zero-order chi connectivity index (χ0) is 27.0. The van der Waals surface area contributed by atoms with Gasteiger partial charge >= 0.3 is 12.1 Å². The van der Waals surface area contributed by atoms with Crippen LogP contribution in [0.1, 0.15) is 59.1 Å². The zero-order valence-corrected chi connectivity index (χ0v) is 21.4. The third kappa shape index (κ3) is 8.11. The monoisotopic (exact) mass is 507 g/mol. The number of rotatable bonds is 11. The van der Waals surface area contributed by atoms with Crippen LogP contribution >= 0.6 is 0 Å². The lowest BCUT2D eigenvalue weighted by molar-refractivity contribution is -0.145. The number of aromatic hydroxyl groups is 1. The van der Waals surface area contributed by atoms with E-state index in [1.54, 1.807) is 39.8 Å². The molecule has 11 nitrogen and oxygen atoms in total. The van der Waals surface area contributed by atoms with Crippen LogP contribution in [-0.4, -0.2) is 76.4 Å². The topological polar surface area (TPSA) is 154 Å². The predicted molar refractivity (Wildman–Crippen MR) is 130 cm³/mol. The van der Waals surface area contributed by atoms with Crippen molar-refractivity contribution in [3.8, 4) is 5.75 Å². The van der Waals surface area contributed by atoms with Gasteiger partial charge in [-0.3, -0.25) is 14.4 Å². The largest absolute Gasteiger partial charge is 0.508 e. The lowest BCUT2D eigenvalue weighted by Gasteiger charge is -2.34. The standard InChI is InChI=1S/C25H37N3O8/c1-6-35-20(31)11-12-26-22(32)21(16-9-7-8-10-19(16)30)28(18-13-15(18)2)23(33)17(14-29)27-24(34)36-25(3,4)5/h7-10,15,17-18,21,29-30H,6,11-14H2,1-5H3,(H,26,32)(H,27,34). The SMILES string of the molecule is CCOC(=O)CCNC(=O)C(c1ccccc1O)N(C(=O)C(CO)NC(=O)OC(C)(C)C)C1CC1C. The Labute approximate surface area is 211 Å². The van der Waals surface area contributed by atoms with Crippen molar-refractivity contribution < 1.29 is 38.9 Å². The Balaban J connectivity index is 2.36. The van der Waals surface area contributed by atoms with Gasteiger partial charge in [0.25, 0.3) is 0 Å². The molecule has 1 saturated carbocycles. The van der Waals surface area contributed by atoms with Gasteiger partial charge in [0, 0.05) is 18.2 Å². The van der Waals surface area contributed by atoms with Crippen LogP contribution in [0.15, 0.2) is 24.3 Å². The highest BCUT2D eigenvalue weighted by atomic mass is 16.6. The van der Waals surface area contributed by atoms with Crippen molar-refractivity contribution in [2.24, 2.45) is 5.92 Å². The molecule has 0 saturated heterocycles. The number of phenolic OH excluding ortho intramolecular Hbond substituents is 1. The summed E-state index contributed by atoms with van der Waals surface area (Å²) in [5.74, 6) is -1.96. The summed E-state index contributed by atoms with van der Waals surface area (Å²) in [4.78, 5) is 52.4. The Morgan fingerprint density at radius 1 is 1.19 bits per heavy atom. The first-order valence-electron chi connectivity index (χ1n) is 12.0. The van der Waals surface area contributed by atoms with E-state index < -0.39 is 48.2 Å². The number of hydrogen-bond donors (Lipinski definition) is 4. The molecule has 200 valence electrons. The van der Waals surface area contributed by atoms with Crippen molar-refractivity contribution in [1.29, 1.82) is 0 Å². The molecule has 0 radical (unpaired) electrons. The number of aliphatic hydroxyl groups excluding tert-OH is 1. The molecule has 0 spiro atoms. The Morgan fingerprint density at radius 3 is 2.36 bits per heavy atom. The molecule has 0 bridgehead atoms. The number of carbonyl (C=O) groups excluding carboxylic acids is 4. The maximum absolute atomic E-state index is 13.7. The van der Waals surface area contributed by atoms with Gasteiger partial charge in [0.15, 0.2) is 0 Å². The van der Waals surface area contributed by atoms with Crippen LogP contribution in [0, 0.1) is 5.92 Å². The van der Waals surface area contributed by atoms with Crippen LogP contribution in [-0.2, 0) is 23.9 Å². The van der Waals surface area contributed by atoms with Gasteiger partial charge in [-0.2, -0.15) is 0 Å². The average molecular weight is 508 g/mol. The molecule has 4 atom stereocenters. The molecule has 1 aliphatic rings. The van der Waals surface area contributed by atoms with Gasteiger partial charge < -0.3 is 35.2 Å². The summed E-state index contributed by atoms with van der Waals surface area (Å²) in [7, 11) is 0. The molecule has 0 aromatic heterocycles. The summed E-state index contributed by atoms with van der Waals surface area (Å²) in [6.07, 6.45) is -0.367. The minimum absolute atomic E-state index is 0.0381. The molecule has 36 heavy (non-hydrogen) atoms. The maximum Gasteiger partial charge on any atom is 0.408 e. The summed E-state index contributed by atoms with van der Waals surface area (Å²) in [6, 6.07) is 3.10. The van der Waals surface area contributed by atoms with Crippen molar-refractivity contribution in [3.63, 3.8) is 0 Å². The normalized spacial score (nSPS) is 18.4. The van der Waals surface area contributed by atoms with Crippen LogP contribution in [0.5, 0.6) is 5.75 Å². The summed E-state index contributed by atoms with van der Waals surface area (Å²) in [5, 5.41) is 25.5. The number of nitrogens with one attached hydrogen (secondary N) is 2.